The minimum Gasteiger partial charge on any atom is -0.434 e. The van der Waals surface area contributed by atoms with Gasteiger partial charge in [-0.25, -0.2) is 13.1 Å². The molecule has 0 spiro atoms. The highest BCUT2D eigenvalue weighted by Crippen LogP contribution is 2.25. The van der Waals surface area contributed by atoms with E-state index in [0.717, 1.165) is 5.56 Å². The molecule has 184 valence electrons. The van der Waals surface area contributed by atoms with Gasteiger partial charge in [-0.1, -0.05) is 36.4 Å². The summed E-state index contributed by atoms with van der Waals surface area (Å²) in [6.45, 7) is -2.19. The number of nitrogens with zero attached hydrogens (tertiary/aromatic N) is 1. The van der Waals surface area contributed by atoms with Gasteiger partial charge in [0.1, 0.15) is 5.75 Å². The Hall–Kier alpha value is -3.05. The van der Waals surface area contributed by atoms with E-state index in [1.165, 1.54) is 30.1 Å². The lowest BCUT2D eigenvalue weighted by atomic mass is 9.96. The molecule has 0 aromatic heterocycles. The van der Waals surface area contributed by atoms with Crippen LogP contribution in [0.5, 0.6) is 5.75 Å². The molecule has 0 radical (unpaired) electrons. The van der Waals surface area contributed by atoms with E-state index >= 15 is 0 Å². The Bertz CT molecular complexity index is 1110. The van der Waals surface area contributed by atoms with Gasteiger partial charge >= 0.3 is 6.61 Å². The zero-order valence-electron chi connectivity index (χ0n) is 18.7. The zero-order valence-corrected chi connectivity index (χ0v) is 19.5. The van der Waals surface area contributed by atoms with Gasteiger partial charge in [-0.05, 0) is 43.1 Å². The number of sulfonamides is 1. The molecule has 1 unspecified atom stereocenters. The van der Waals surface area contributed by atoms with Crippen molar-refractivity contribution < 1.29 is 31.5 Å². The van der Waals surface area contributed by atoms with Crippen LogP contribution in [0.3, 0.4) is 0 Å². The van der Waals surface area contributed by atoms with E-state index in [0.29, 0.717) is 24.9 Å². The molecule has 1 heterocycles. The monoisotopic (exact) mass is 495 g/mol. The number of ether oxygens (including phenoxy) is 1. The van der Waals surface area contributed by atoms with Crippen LogP contribution in [0.2, 0.25) is 0 Å². The van der Waals surface area contributed by atoms with E-state index in [1.54, 1.807) is 30.3 Å². The van der Waals surface area contributed by atoms with Gasteiger partial charge in [-0.3, -0.25) is 9.59 Å². The van der Waals surface area contributed by atoms with E-state index in [4.69, 9.17) is 0 Å². The number of para-hydroxylation sites is 1. The summed E-state index contributed by atoms with van der Waals surface area (Å²) in [6, 6.07) is 12.7. The predicted molar refractivity (Wildman–Crippen MR) is 122 cm³/mol. The number of nitrogens with one attached hydrogen (secondary N) is 2. The first-order valence-corrected chi connectivity index (χ1v) is 12.4. The first-order chi connectivity index (χ1) is 16.2. The molecule has 1 saturated heterocycles. The molecular weight excluding hydrogens is 468 g/mol. The van der Waals surface area contributed by atoms with Crippen molar-refractivity contribution in [1.29, 1.82) is 0 Å². The topological polar surface area (TPSA) is 105 Å². The summed E-state index contributed by atoms with van der Waals surface area (Å²) in [6.07, 6.45) is 1.21. The Morgan fingerprint density at radius 1 is 1.12 bits per heavy atom. The van der Waals surface area contributed by atoms with Crippen molar-refractivity contribution in [3.05, 3.63) is 65.2 Å². The molecule has 1 fully saturated rings. The molecule has 8 nitrogen and oxygen atoms in total. The van der Waals surface area contributed by atoms with Crippen LogP contribution >= 0.6 is 0 Å². The summed E-state index contributed by atoms with van der Waals surface area (Å²) < 4.78 is 55.4. The molecule has 1 aliphatic rings. The Balaban J connectivity index is 1.57. The standard InChI is InChI=1S/C23H27F2N3O5S/c1-26-34(31,32)15-17-10-8-16(9-11-17)13-27-21(29)18-5-4-12-28(14-18)22(30)19-6-2-3-7-20(19)33-23(24)25/h2-3,6-11,18,23,26H,4-5,12-15H2,1H3,(H,27,29). The number of benzene rings is 2. The van der Waals surface area contributed by atoms with Crippen LogP contribution in [0.1, 0.15) is 34.3 Å². The second-order valence-electron chi connectivity index (χ2n) is 7.96. The largest absolute Gasteiger partial charge is 0.434 e. The number of likely N-dealkylation sites (tertiary alicyclic amines) is 1. The summed E-state index contributed by atoms with van der Waals surface area (Å²) >= 11 is 0. The maximum atomic E-state index is 12.9. The number of carbonyl (C=O) groups excluding carboxylic acids is 2. The molecule has 11 heteroatoms. The van der Waals surface area contributed by atoms with Crippen LogP contribution in [-0.4, -0.2) is 51.9 Å². The van der Waals surface area contributed by atoms with Crippen molar-refractivity contribution >= 4 is 21.8 Å². The molecule has 3 rings (SSSR count). The van der Waals surface area contributed by atoms with Crippen LogP contribution in [0.25, 0.3) is 0 Å². The number of hydrogen-bond donors (Lipinski definition) is 2. The number of alkyl halides is 2. The Labute approximate surface area is 197 Å². The summed E-state index contributed by atoms with van der Waals surface area (Å²) in [5.74, 6) is -1.42. The zero-order chi connectivity index (χ0) is 24.7. The van der Waals surface area contributed by atoms with Crippen molar-refractivity contribution in [3.8, 4) is 5.75 Å². The number of halogens is 2. The quantitative estimate of drug-likeness (QED) is 0.556. The van der Waals surface area contributed by atoms with E-state index in [-0.39, 0.29) is 36.1 Å². The van der Waals surface area contributed by atoms with Crippen molar-refractivity contribution in [2.75, 3.05) is 20.1 Å². The van der Waals surface area contributed by atoms with E-state index in [9.17, 15) is 26.8 Å². The molecular formula is C23H27F2N3O5S. The average molecular weight is 496 g/mol. The normalized spacial score (nSPS) is 16.4. The fourth-order valence-electron chi connectivity index (χ4n) is 3.77. The third kappa shape index (κ3) is 6.97. The third-order valence-corrected chi connectivity index (χ3v) is 6.91. The second kappa shape index (κ2) is 11.4. The van der Waals surface area contributed by atoms with Crippen molar-refractivity contribution in [2.45, 2.75) is 31.8 Å². The molecule has 34 heavy (non-hydrogen) atoms. The molecule has 2 aromatic carbocycles. The minimum absolute atomic E-state index is 0.0317. The van der Waals surface area contributed by atoms with Crippen LogP contribution in [0.4, 0.5) is 8.78 Å². The molecule has 0 bridgehead atoms. The Kier molecular flexibility index (Phi) is 8.56. The highest BCUT2D eigenvalue weighted by Gasteiger charge is 2.30. The fourth-order valence-corrected chi connectivity index (χ4v) is 4.54. The lowest BCUT2D eigenvalue weighted by molar-refractivity contribution is -0.126. The molecule has 1 aliphatic heterocycles. The summed E-state index contributed by atoms with van der Waals surface area (Å²) in [4.78, 5) is 27.1. The van der Waals surface area contributed by atoms with Crippen LogP contribution in [-0.2, 0) is 27.1 Å². The predicted octanol–water partition coefficient (Wildman–Crippen LogP) is 2.51. The van der Waals surface area contributed by atoms with Crippen molar-refractivity contribution in [2.24, 2.45) is 5.92 Å². The summed E-state index contributed by atoms with van der Waals surface area (Å²) in [5, 5.41) is 2.85. The number of rotatable bonds is 9. The van der Waals surface area contributed by atoms with Crippen molar-refractivity contribution in [3.63, 3.8) is 0 Å². The lowest BCUT2D eigenvalue weighted by Crippen LogP contribution is -2.45. The number of carbonyl (C=O) groups is 2. The number of hydrogen-bond acceptors (Lipinski definition) is 5. The smallest absolute Gasteiger partial charge is 0.387 e. The second-order valence-corrected chi connectivity index (χ2v) is 9.89. The summed E-state index contributed by atoms with van der Waals surface area (Å²) in [5.41, 5.74) is 1.46. The molecule has 2 aromatic rings. The average Bonchev–Trinajstić information content (AvgIpc) is 2.83. The molecule has 1 atom stereocenters. The van der Waals surface area contributed by atoms with Crippen LogP contribution in [0.15, 0.2) is 48.5 Å². The van der Waals surface area contributed by atoms with E-state index in [1.807, 2.05) is 0 Å². The lowest BCUT2D eigenvalue weighted by Gasteiger charge is -2.32. The van der Waals surface area contributed by atoms with Gasteiger partial charge in [0.15, 0.2) is 0 Å². The molecule has 0 aliphatic carbocycles. The van der Waals surface area contributed by atoms with Gasteiger partial charge in [0, 0.05) is 19.6 Å². The van der Waals surface area contributed by atoms with Gasteiger partial charge in [0.2, 0.25) is 15.9 Å². The maximum Gasteiger partial charge on any atom is 0.387 e. The van der Waals surface area contributed by atoms with Gasteiger partial charge in [-0.15, -0.1) is 0 Å². The van der Waals surface area contributed by atoms with Crippen molar-refractivity contribution in [1.82, 2.24) is 14.9 Å². The first-order valence-electron chi connectivity index (χ1n) is 10.8. The Morgan fingerprint density at radius 3 is 2.47 bits per heavy atom. The van der Waals surface area contributed by atoms with Gasteiger partial charge in [0.25, 0.3) is 5.91 Å². The van der Waals surface area contributed by atoms with Crippen LogP contribution in [0, 0.1) is 5.92 Å². The van der Waals surface area contributed by atoms with Gasteiger partial charge in [0.05, 0.1) is 17.2 Å². The highest BCUT2D eigenvalue weighted by molar-refractivity contribution is 7.88. The van der Waals surface area contributed by atoms with Crippen LogP contribution < -0.4 is 14.8 Å². The molecule has 2 amide bonds. The third-order valence-electron chi connectivity index (χ3n) is 5.57. The number of amides is 2. The highest BCUT2D eigenvalue weighted by atomic mass is 32.2. The molecule has 0 saturated carbocycles. The van der Waals surface area contributed by atoms with E-state index < -0.39 is 28.5 Å². The van der Waals surface area contributed by atoms with Gasteiger partial charge < -0.3 is 15.0 Å². The number of piperidine rings is 1. The maximum absolute atomic E-state index is 12.9. The fraction of sp³-hybridized carbons (Fsp3) is 0.391. The SMILES string of the molecule is CNS(=O)(=O)Cc1ccc(CNC(=O)C2CCCN(C(=O)c3ccccc3OC(F)F)C2)cc1. The molecule has 2 N–H and O–H groups in total. The summed E-state index contributed by atoms with van der Waals surface area (Å²) in [7, 11) is -2.01. The first kappa shape index (κ1) is 25.6. The van der Waals surface area contributed by atoms with E-state index in [2.05, 4.69) is 14.8 Å². The minimum atomic E-state index is -3.36. The Morgan fingerprint density at radius 2 is 1.79 bits per heavy atom. The van der Waals surface area contributed by atoms with Gasteiger partial charge in [-0.2, -0.15) is 8.78 Å².